The summed E-state index contributed by atoms with van der Waals surface area (Å²) in [5.41, 5.74) is 1.94. The van der Waals surface area contributed by atoms with Gasteiger partial charge >= 0.3 is 12.4 Å². The number of alkyl halides is 6. The van der Waals surface area contributed by atoms with E-state index >= 15 is 0 Å². The van der Waals surface area contributed by atoms with Crippen molar-refractivity contribution in [1.82, 2.24) is 34.7 Å². The molecule has 5 rings (SSSR count). The molecule has 0 spiro atoms. The molecule has 3 aromatic heterocycles. The maximum atomic E-state index is 13.0. The molecule has 0 bridgehead atoms. The number of rotatable bonds is 6. The monoisotopic (exact) mass is 576 g/mol. The highest BCUT2D eigenvalue weighted by molar-refractivity contribution is 5.83. The van der Waals surface area contributed by atoms with Gasteiger partial charge in [-0.1, -0.05) is 12.6 Å². The van der Waals surface area contributed by atoms with Crippen LogP contribution in [0.25, 0.3) is 28.0 Å². The molecule has 41 heavy (non-hydrogen) atoms. The van der Waals surface area contributed by atoms with Crippen molar-refractivity contribution < 1.29 is 31.1 Å². The molecular weight excluding hydrogens is 554 g/mol. The van der Waals surface area contributed by atoms with Gasteiger partial charge in [-0.2, -0.15) is 26.3 Å². The highest BCUT2D eigenvalue weighted by Crippen LogP contribution is 2.31. The van der Waals surface area contributed by atoms with E-state index in [2.05, 4.69) is 36.8 Å². The standard InChI is InChI=1S/C26H22F6N8O/c1-15(39-6-8-40(9-7-39)23(41)13-25(27,28)29)16-4-5-33-22(11-16)38-24-36-18-3-2-17(10-20(18)37-24)19-12-21(26(30,31)32)35-14-34-19/h2-5,10-12,14H,1,6-9,13H2,(H2,33,36,37,38). The summed E-state index contributed by atoms with van der Waals surface area (Å²) >= 11 is 0. The zero-order valence-electron chi connectivity index (χ0n) is 21.2. The van der Waals surface area contributed by atoms with Gasteiger partial charge in [0.25, 0.3) is 0 Å². The number of amides is 1. The third-order valence-corrected chi connectivity index (χ3v) is 6.44. The van der Waals surface area contributed by atoms with Crippen LogP contribution in [0.3, 0.4) is 0 Å². The molecule has 1 amide bonds. The Morgan fingerprint density at radius 1 is 0.951 bits per heavy atom. The molecule has 1 aromatic carbocycles. The summed E-state index contributed by atoms with van der Waals surface area (Å²) in [6, 6.07) is 9.21. The number of hydrogen-bond acceptors (Lipinski definition) is 7. The van der Waals surface area contributed by atoms with Crippen molar-refractivity contribution in [3.63, 3.8) is 0 Å². The summed E-state index contributed by atoms with van der Waals surface area (Å²) in [6.07, 6.45) is -8.19. The number of anilines is 2. The van der Waals surface area contributed by atoms with Gasteiger partial charge in [0.15, 0.2) is 0 Å². The minimum absolute atomic E-state index is 0.108. The van der Waals surface area contributed by atoms with Crippen molar-refractivity contribution in [3.8, 4) is 11.3 Å². The topological polar surface area (TPSA) is 103 Å². The molecule has 0 atom stereocenters. The van der Waals surface area contributed by atoms with Crippen molar-refractivity contribution in [3.05, 3.63) is 66.8 Å². The quantitative estimate of drug-likeness (QED) is 0.303. The number of H-pyrrole nitrogens is 1. The first-order valence-corrected chi connectivity index (χ1v) is 12.3. The minimum Gasteiger partial charge on any atom is -0.368 e. The van der Waals surface area contributed by atoms with Crippen LogP contribution in [0.5, 0.6) is 0 Å². The average molecular weight is 577 g/mol. The van der Waals surface area contributed by atoms with Gasteiger partial charge in [0.2, 0.25) is 11.9 Å². The second kappa shape index (κ2) is 10.7. The lowest BCUT2D eigenvalue weighted by atomic mass is 10.1. The number of hydrogen-bond donors (Lipinski definition) is 2. The van der Waals surface area contributed by atoms with Gasteiger partial charge in [0.05, 0.1) is 16.7 Å². The number of fused-ring (bicyclic) bond motifs is 1. The van der Waals surface area contributed by atoms with Crippen LogP contribution in [0.15, 0.2) is 55.5 Å². The molecule has 1 fully saturated rings. The first-order valence-electron chi connectivity index (χ1n) is 12.3. The molecule has 0 saturated carbocycles. The zero-order valence-corrected chi connectivity index (χ0v) is 21.2. The summed E-state index contributed by atoms with van der Waals surface area (Å²) in [5.74, 6) is -0.186. The van der Waals surface area contributed by atoms with E-state index in [1.165, 1.54) is 4.90 Å². The number of aromatic amines is 1. The number of nitrogens with zero attached hydrogens (tertiary/aromatic N) is 6. The largest absolute Gasteiger partial charge is 0.433 e. The van der Waals surface area contributed by atoms with E-state index in [1.807, 2.05) is 4.90 Å². The molecule has 214 valence electrons. The van der Waals surface area contributed by atoms with E-state index in [0.717, 1.165) is 12.4 Å². The van der Waals surface area contributed by atoms with E-state index < -0.39 is 30.4 Å². The minimum atomic E-state index is -4.59. The van der Waals surface area contributed by atoms with E-state index in [9.17, 15) is 31.1 Å². The fraction of sp³-hybridized carbons (Fsp3) is 0.269. The van der Waals surface area contributed by atoms with Gasteiger partial charge in [-0.3, -0.25) is 4.79 Å². The van der Waals surface area contributed by atoms with Gasteiger partial charge in [-0.15, -0.1) is 0 Å². The Balaban J connectivity index is 1.26. The highest BCUT2D eigenvalue weighted by atomic mass is 19.4. The van der Waals surface area contributed by atoms with Crippen molar-refractivity contribution >= 4 is 34.4 Å². The molecule has 2 N–H and O–H groups in total. The zero-order chi connectivity index (χ0) is 29.4. The van der Waals surface area contributed by atoms with E-state index in [4.69, 9.17) is 0 Å². The summed E-state index contributed by atoms with van der Waals surface area (Å²) in [4.78, 5) is 34.0. The fourth-order valence-corrected chi connectivity index (χ4v) is 4.39. The number of carbonyl (C=O) groups excluding carboxylic acids is 1. The lowest BCUT2D eigenvalue weighted by Crippen LogP contribution is -2.48. The van der Waals surface area contributed by atoms with Crippen LogP contribution in [0, 0.1) is 0 Å². The maximum Gasteiger partial charge on any atom is 0.433 e. The highest BCUT2D eigenvalue weighted by Gasteiger charge is 2.35. The molecule has 15 heteroatoms. The number of pyridine rings is 1. The second-order valence-electron chi connectivity index (χ2n) is 9.26. The third-order valence-electron chi connectivity index (χ3n) is 6.44. The number of imidazole rings is 1. The van der Waals surface area contributed by atoms with Crippen molar-refractivity contribution in [1.29, 1.82) is 0 Å². The number of benzene rings is 1. The van der Waals surface area contributed by atoms with Crippen LogP contribution < -0.4 is 5.32 Å². The van der Waals surface area contributed by atoms with Crippen LogP contribution in [-0.2, 0) is 11.0 Å². The molecule has 0 radical (unpaired) electrons. The van der Waals surface area contributed by atoms with Gasteiger partial charge in [0, 0.05) is 49.2 Å². The smallest absolute Gasteiger partial charge is 0.368 e. The fourth-order valence-electron chi connectivity index (χ4n) is 4.39. The molecular formula is C26H22F6N8O. The number of carbonyl (C=O) groups is 1. The predicted octanol–water partition coefficient (Wildman–Crippen LogP) is 5.24. The molecule has 0 aliphatic carbocycles. The predicted molar refractivity (Wildman–Crippen MR) is 138 cm³/mol. The van der Waals surface area contributed by atoms with Crippen LogP contribution in [0.4, 0.5) is 38.1 Å². The Labute approximate surface area is 228 Å². The van der Waals surface area contributed by atoms with Gasteiger partial charge in [-0.05, 0) is 30.3 Å². The Morgan fingerprint density at radius 3 is 2.39 bits per heavy atom. The molecule has 0 unspecified atom stereocenters. The summed E-state index contributed by atoms with van der Waals surface area (Å²) < 4.78 is 76.8. The third kappa shape index (κ3) is 6.56. The number of aromatic nitrogens is 5. The Hall–Kier alpha value is -4.69. The molecule has 1 saturated heterocycles. The second-order valence-corrected chi connectivity index (χ2v) is 9.26. The van der Waals surface area contributed by atoms with E-state index in [-0.39, 0.29) is 18.8 Å². The summed E-state index contributed by atoms with van der Waals surface area (Å²) in [6.45, 7) is 5.06. The SMILES string of the molecule is C=C(c1ccnc(Nc2nc3ccc(-c4cc(C(F)(F)F)ncn4)cc3[nH]2)c1)N1CCN(C(=O)CC(F)(F)F)CC1. The molecule has 4 heterocycles. The summed E-state index contributed by atoms with van der Waals surface area (Å²) in [5, 5.41) is 3.05. The van der Waals surface area contributed by atoms with Gasteiger partial charge in [0.1, 0.15) is 24.3 Å². The van der Waals surface area contributed by atoms with Crippen molar-refractivity contribution in [2.24, 2.45) is 0 Å². The van der Waals surface area contributed by atoms with Crippen molar-refractivity contribution in [2.45, 2.75) is 18.8 Å². The van der Waals surface area contributed by atoms with E-state index in [1.54, 1.807) is 36.5 Å². The molecule has 1 aliphatic rings. The van der Waals surface area contributed by atoms with Crippen LogP contribution in [-0.4, -0.2) is 73.0 Å². The average Bonchev–Trinajstić information content (AvgIpc) is 3.33. The number of nitrogens with one attached hydrogen (secondary N) is 2. The van der Waals surface area contributed by atoms with Crippen LogP contribution >= 0.6 is 0 Å². The lowest BCUT2D eigenvalue weighted by Gasteiger charge is -2.37. The number of halogens is 6. The first kappa shape index (κ1) is 27.9. The number of piperazine rings is 1. The molecule has 4 aromatic rings. The summed E-state index contributed by atoms with van der Waals surface area (Å²) in [7, 11) is 0. The Morgan fingerprint density at radius 2 is 1.68 bits per heavy atom. The van der Waals surface area contributed by atoms with Gasteiger partial charge in [-0.25, -0.2) is 19.9 Å². The lowest BCUT2D eigenvalue weighted by molar-refractivity contribution is -0.162. The van der Waals surface area contributed by atoms with Crippen LogP contribution in [0.1, 0.15) is 17.7 Å². The maximum absolute atomic E-state index is 13.0. The van der Waals surface area contributed by atoms with Crippen LogP contribution in [0.2, 0.25) is 0 Å². The van der Waals surface area contributed by atoms with Gasteiger partial charge < -0.3 is 20.1 Å². The molecule has 9 nitrogen and oxygen atoms in total. The molecule has 1 aliphatic heterocycles. The van der Waals surface area contributed by atoms with Crippen molar-refractivity contribution in [2.75, 3.05) is 31.5 Å². The Kier molecular flexibility index (Phi) is 7.28. The normalized spacial score (nSPS) is 14.4. The first-order chi connectivity index (χ1) is 19.4. The Bertz CT molecular complexity index is 1590. The van der Waals surface area contributed by atoms with E-state index in [0.29, 0.717) is 52.7 Å².